The molecule has 15 heteroatoms. The van der Waals surface area contributed by atoms with Gasteiger partial charge >= 0.3 is 6.18 Å². The number of hydrogen-bond donors (Lipinski definition) is 3. The van der Waals surface area contributed by atoms with Gasteiger partial charge in [-0.3, -0.25) is 14.4 Å². The van der Waals surface area contributed by atoms with E-state index in [1.807, 2.05) is 0 Å². The normalized spacial score (nSPS) is 11.8. The number of nitrogens with zero attached hydrogens (tertiary/aromatic N) is 4. The number of ketones is 1. The molecule has 5 heterocycles. The number of H-pyrrole nitrogens is 2. The molecule has 0 saturated carbocycles. The van der Waals surface area contributed by atoms with Gasteiger partial charge < -0.3 is 19.9 Å². The van der Waals surface area contributed by atoms with Crippen LogP contribution >= 0.6 is 0 Å². The van der Waals surface area contributed by atoms with E-state index in [1.165, 1.54) is 29.1 Å². The van der Waals surface area contributed by atoms with Crippen LogP contribution in [0.2, 0.25) is 0 Å². The molecule has 3 N–H and O–H groups in total. The Morgan fingerprint density at radius 2 is 1.92 bits per heavy atom. The molecule has 0 spiro atoms. The van der Waals surface area contributed by atoms with E-state index in [9.17, 15) is 36.3 Å². The van der Waals surface area contributed by atoms with Crippen LogP contribution in [-0.2, 0) is 6.54 Å². The number of fused-ring (bicyclic) bond motifs is 2. The lowest BCUT2D eigenvalue weighted by Gasteiger charge is -2.07. The van der Waals surface area contributed by atoms with E-state index in [1.54, 1.807) is 5.32 Å². The van der Waals surface area contributed by atoms with Crippen molar-refractivity contribution in [3.8, 4) is 0 Å². The monoisotopic (exact) mass is 531 g/mol. The summed E-state index contributed by atoms with van der Waals surface area (Å²) in [6.07, 6.45) is -0.0985. The molecule has 5 aromatic heterocycles. The van der Waals surface area contributed by atoms with Crippen LogP contribution in [0.25, 0.3) is 22.1 Å². The van der Waals surface area contributed by atoms with Crippen molar-refractivity contribution in [2.45, 2.75) is 12.7 Å². The fraction of sp³-hybridized carbons (Fsp3) is 0.130. The molecule has 0 aliphatic heterocycles. The first kappa shape index (κ1) is 24.7. The van der Waals surface area contributed by atoms with Crippen LogP contribution in [0.1, 0.15) is 32.1 Å². The standard InChI is InChI=1S/C23H14F5N7O3/c24-13-1-3-29-19(25)16(13)18(36)12-7-30-17-11(12)2-4-35(22(17)38)8-15-33-14-5-10(6-31-20(14)34-15)21(37)32-9-23(26,27)28/h1-7,30H,8-9H2,(H,32,37)(H,31,33,34). The number of rotatable bonds is 6. The second-order valence-electron chi connectivity index (χ2n) is 8.10. The second-order valence-corrected chi connectivity index (χ2v) is 8.10. The highest BCUT2D eigenvalue weighted by Gasteiger charge is 2.28. The smallest absolute Gasteiger partial charge is 0.356 e. The van der Waals surface area contributed by atoms with Crippen molar-refractivity contribution in [3.05, 3.63) is 87.6 Å². The zero-order valence-electron chi connectivity index (χ0n) is 18.9. The molecule has 0 atom stereocenters. The number of aromatic nitrogens is 6. The van der Waals surface area contributed by atoms with Crippen LogP contribution in [0.15, 0.2) is 47.8 Å². The quantitative estimate of drug-likeness (QED) is 0.175. The van der Waals surface area contributed by atoms with E-state index in [4.69, 9.17) is 0 Å². The van der Waals surface area contributed by atoms with Crippen LogP contribution in [0.3, 0.4) is 0 Å². The molecule has 0 aliphatic carbocycles. The Balaban J connectivity index is 1.41. The Morgan fingerprint density at radius 1 is 1.13 bits per heavy atom. The highest BCUT2D eigenvalue weighted by atomic mass is 19.4. The van der Waals surface area contributed by atoms with E-state index < -0.39 is 47.3 Å². The maximum Gasteiger partial charge on any atom is 0.405 e. The summed E-state index contributed by atoms with van der Waals surface area (Å²) in [7, 11) is 0. The molecule has 38 heavy (non-hydrogen) atoms. The molecule has 5 aromatic rings. The molecule has 0 radical (unpaired) electrons. The summed E-state index contributed by atoms with van der Waals surface area (Å²) >= 11 is 0. The molecule has 194 valence electrons. The van der Waals surface area contributed by atoms with Crippen molar-refractivity contribution < 1.29 is 31.5 Å². The lowest BCUT2D eigenvalue weighted by molar-refractivity contribution is -0.123. The highest BCUT2D eigenvalue weighted by Crippen LogP contribution is 2.22. The van der Waals surface area contributed by atoms with Gasteiger partial charge in [0.1, 0.15) is 29.3 Å². The van der Waals surface area contributed by atoms with Gasteiger partial charge in [-0.05, 0) is 18.2 Å². The number of hydrogen-bond acceptors (Lipinski definition) is 6. The van der Waals surface area contributed by atoms with Crippen molar-refractivity contribution in [2.24, 2.45) is 0 Å². The van der Waals surface area contributed by atoms with E-state index in [0.29, 0.717) is 0 Å². The van der Waals surface area contributed by atoms with E-state index >= 15 is 0 Å². The van der Waals surface area contributed by atoms with E-state index in [0.717, 1.165) is 18.5 Å². The Morgan fingerprint density at radius 3 is 2.66 bits per heavy atom. The first-order valence-electron chi connectivity index (χ1n) is 10.8. The van der Waals surface area contributed by atoms with E-state index in [2.05, 4.69) is 24.9 Å². The lowest BCUT2D eigenvalue weighted by Crippen LogP contribution is -2.33. The zero-order valence-corrected chi connectivity index (χ0v) is 18.9. The van der Waals surface area contributed by atoms with Crippen molar-refractivity contribution in [2.75, 3.05) is 6.54 Å². The number of nitrogens with one attached hydrogen (secondary N) is 3. The summed E-state index contributed by atoms with van der Waals surface area (Å²) in [6.45, 7) is -1.60. The molecule has 0 saturated heterocycles. The number of pyridine rings is 3. The minimum atomic E-state index is -4.57. The fourth-order valence-electron chi connectivity index (χ4n) is 3.82. The number of halogens is 5. The Bertz CT molecular complexity index is 1770. The van der Waals surface area contributed by atoms with Gasteiger partial charge in [0, 0.05) is 35.7 Å². The molecule has 5 rings (SSSR count). The van der Waals surface area contributed by atoms with Crippen molar-refractivity contribution in [3.63, 3.8) is 0 Å². The van der Waals surface area contributed by atoms with Crippen LogP contribution in [-0.4, -0.2) is 53.9 Å². The minimum Gasteiger partial charge on any atom is -0.356 e. The van der Waals surface area contributed by atoms with Crippen LogP contribution in [0, 0.1) is 11.8 Å². The van der Waals surface area contributed by atoms with Crippen LogP contribution in [0.5, 0.6) is 0 Å². The van der Waals surface area contributed by atoms with Crippen molar-refractivity contribution >= 4 is 33.8 Å². The minimum absolute atomic E-state index is 0.00147. The first-order chi connectivity index (χ1) is 18.0. The van der Waals surface area contributed by atoms with Gasteiger partial charge in [-0.1, -0.05) is 0 Å². The molecule has 1 amide bonds. The molecular weight excluding hydrogens is 517 g/mol. The number of alkyl halides is 3. The maximum atomic E-state index is 14.1. The van der Waals surface area contributed by atoms with Crippen LogP contribution in [0.4, 0.5) is 22.0 Å². The van der Waals surface area contributed by atoms with Gasteiger partial charge in [0.05, 0.1) is 17.6 Å². The summed E-state index contributed by atoms with van der Waals surface area (Å²) in [4.78, 5) is 54.7. The molecule has 10 nitrogen and oxygen atoms in total. The van der Waals surface area contributed by atoms with E-state index in [-0.39, 0.29) is 45.6 Å². The number of imidazole rings is 1. The van der Waals surface area contributed by atoms with Crippen molar-refractivity contribution in [1.29, 1.82) is 0 Å². The molecule has 0 unspecified atom stereocenters. The number of carbonyl (C=O) groups is 2. The predicted octanol–water partition coefficient (Wildman–Crippen LogP) is 2.85. The number of carbonyl (C=O) groups excluding carboxylic acids is 2. The molecular formula is C23H14F5N7O3. The summed E-state index contributed by atoms with van der Waals surface area (Å²) in [5.74, 6) is -4.10. The largest absolute Gasteiger partial charge is 0.405 e. The zero-order chi connectivity index (χ0) is 27.2. The average Bonchev–Trinajstić information content (AvgIpc) is 3.47. The van der Waals surface area contributed by atoms with Gasteiger partial charge in [-0.25, -0.2) is 19.3 Å². The van der Waals surface area contributed by atoms with Gasteiger partial charge in [0.15, 0.2) is 5.65 Å². The lowest BCUT2D eigenvalue weighted by atomic mass is 10.0. The number of amides is 1. The van der Waals surface area contributed by atoms with Gasteiger partial charge in [-0.2, -0.15) is 17.6 Å². The molecule has 0 aliphatic rings. The number of aromatic amines is 2. The second kappa shape index (κ2) is 9.17. The SMILES string of the molecule is O=C(NCC(F)(F)F)c1cnc2nc(Cn3ccc4c(C(=O)c5c(F)ccnc5F)c[nH]c4c3=O)[nH]c2c1. The first-order valence-corrected chi connectivity index (χ1v) is 10.8. The topological polar surface area (TPSA) is 138 Å². The summed E-state index contributed by atoms with van der Waals surface area (Å²) < 4.78 is 66.3. The van der Waals surface area contributed by atoms with Gasteiger partial charge in [0.2, 0.25) is 11.7 Å². The van der Waals surface area contributed by atoms with Gasteiger partial charge in [-0.15, -0.1) is 0 Å². The molecule has 0 aromatic carbocycles. The Labute approximate surface area is 207 Å². The predicted molar refractivity (Wildman–Crippen MR) is 122 cm³/mol. The average molecular weight is 531 g/mol. The van der Waals surface area contributed by atoms with Crippen molar-refractivity contribution in [1.82, 2.24) is 34.8 Å². The van der Waals surface area contributed by atoms with Gasteiger partial charge in [0.25, 0.3) is 11.5 Å². The third kappa shape index (κ3) is 4.60. The third-order valence-electron chi connectivity index (χ3n) is 5.56. The summed E-state index contributed by atoms with van der Waals surface area (Å²) in [5.41, 5.74) is -1.26. The summed E-state index contributed by atoms with van der Waals surface area (Å²) in [6, 6.07) is 3.53. The maximum absolute atomic E-state index is 14.1. The summed E-state index contributed by atoms with van der Waals surface area (Å²) in [5, 5.41) is 1.88. The Kier molecular flexibility index (Phi) is 5.97. The molecule has 0 fully saturated rings. The van der Waals surface area contributed by atoms with Crippen LogP contribution < -0.4 is 10.9 Å². The molecule has 0 bridgehead atoms. The third-order valence-corrected chi connectivity index (χ3v) is 5.56. The fourth-order valence-corrected chi connectivity index (χ4v) is 3.82. The highest BCUT2D eigenvalue weighted by molar-refractivity contribution is 6.16. The Hall–Kier alpha value is -4.95.